The number of nitrogens with zero attached hydrogens (tertiary/aromatic N) is 3. The molecule has 4 N–H and O–H groups in total. The van der Waals surface area contributed by atoms with Crippen molar-refractivity contribution < 1.29 is 22.8 Å². The van der Waals surface area contributed by atoms with Gasteiger partial charge in [0.2, 0.25) is 0 Å². The number of carbonyl (C=O) groups is 2. The molecule has 0 saturated heterocycles. The lowest BCUT2D eigenvalue weighted by Crippen LogP contribution is -2.15. The molecule has 0 saturated carbocycles. The number of fused-ring (bicyclic) bond motifs is 1. The van der Waals surface area contributed by atoms with E-state index in [9.17, 15) is 22.8 Å². The summed E-state index contributed by atoms with van der Waals surface area (Å²) >= 11 is 0. The molecule has 0 atom stereocenters. The van der Waals surface area contributed by atoms with Gasteiger partial charge in [-0.15, -0.1) is 0 Å². The SMILES string of the molecule is Cc1cn(-c2cc(C(=O)Nc3cccc(Nc4ccc5c(c4)NC(=O)C5=Cc4cnc[nH]4)c3)cc(C(F)(F)F)c2)cn1. The highest BCUT2D eigenvalue weighted by molar-refractivity contribution is 6.35. The number of amides is 2. The van der Waals surface area contributed by atoms with Gasteiger partial charge in [-0.1, -0.05) is 12.1 Å². The molecule has 42 heavy (non-hydrogen) atoms. The summed E-state index contributed by atoms with van der Waals surface area (Å²) in [5.74, 6) is -0.935. The van der Waals surface area contributed by atoms with Crippen LogP contribution in [0.15, 0.2) is 85.7 Å². The Morgan fingerprint density at radius 3 is 2.57 bits per heavy atom. The van der Waals surface area contributed by atoms with Crippen LogP contribution in [0.4, 0.5) is 35.9 Å². The minimum Gasteiger partial charge on any atom is -0.355 e. The molecule has 0 fully saturated rings. The molecule has 5 aromatic rings. The fraction of sp³-hybridized carbons (Fsp3) is 0.0667. The maximum Gasteiger partial charge on any atom is 0.416 e. The van der Waals surface area contributed by atoms with E-state index in [1.807, 2.05) is 12.1 Å². The van der Waals surface area contributed by atoms with Gasteiger partial charge in [0, 0.05) is 40.1 Å². The quantitative estimate of drug-likeness (QED) is 0.176. The van der Waals surface area contributed by atoms with Crippen LogP contribution in [-0.4, -0.2) is 31.3 Å². The first kappa shape index (κ1) is 26.6. The van der Waals surface area contributed by atoms with E-state index in [0.29, 0.717) is 39.7 Å². The Balaban J connectivity index is 1.21. The van der Waals surface area contributed by atoms with Gasteiger partial charge in [0.05, 0.1) is 47.1 Å². The number of H-pyrrole nitrogens is 1. The molecule has 0 bridgehead atoms. The normalized spacial score (nSPS) is 13.6. The van der Waals surface area contributed by atoms with Gasteiger partial charge < -0.3 is 25.5 Å². The average Bonchev–Trinajstić information content (AvgIpc) is 3.69. The summed E-state index contributed by atoms with van der Waals surface area (Å²) in [5, 5.41) is 8.75. The second kappa shape index (κ2) is 10.4. The molecule has 1 aliphatic rings. The molecule has 6 rings (SSSR count). The van der Waals surface area contributed by atoms with Crippen LogP contribution < -0.4 is 16.0 Å². The molecule has 0 unspecified atom stereocenters. The standard InChI is InChI=1S/C30H22F3N7O2/c1-17-14-40(16-36-17)24-8-18(7-19(9-24)30(31,32)33)28(41)38-21-4-2-3-20(10-21)37-22-5-6-25-26(11-23-13-34-15-35-23)29(42)39-27(25)12-22/h2-16,37H,1H3,(H,34,35)(H,38,41)(H,39,42). The van der Waals surface area contributed by atoms with Gasteiger partial charge in [-0.2, -0.15) is 13.2 Å². The lowest BCUT2D eigenvalue weighted by Gasteiger charge is -2.14. The molecule has 210 valence electrons. The number of hydrogen-bond donors (Lipinski definition) is 4. The van der Waals surface area contributed by atoms with E-state index < -0.39 is 17.6 Å². The van der Waals surface area contributed by atoms with Crippen molar-refractivity contribution in [1.29, 1.82) is 0 Å². The van der Waals surface area contributed by atoms with Crippen LogP contribution in [-0.2, 0) is 11.0 Å². The van der Waals surface area contributed by atoms with Crippen LogP contribution in [0.3, 0.4) is 0 Å². The summed E-state index contributed by atoms with van der Waals surface area (Å²) in [6, 6.07) is 15.3. The van der Waals surface area contributed by atoms with Crippen LogP contribution in [0.25, 0.3) is 17.3 Å². The second-order valence-corrected chi connectivity index (χ2v) is 9.63. The van der Waals surface area contributed by atoms with Crippen molar-refractivity contribution in [2.75, 3.05) is 16.0 Å². The fourth-order valence-corrected chi connectivity index (χ4v) is 4.58. The van der Waals surface area contributed by atoms with Gasteiger partial charge >= 0.3 is 6.18 Å². The van der Waals surface area contributed by atoms with Crippen molar-refractivity contribution in [2.45, 2.75) is 13.1 Å². The summed E-state index contributed by atoms with van der Waals surface area (Å²) in [5.41, 5.74) is 3.94. The highest BCUT2D eigenvalue weighted by Gasteiger charge is 2.32. The molecule has 9 nitrogen and oxygen atoms in total. The molecule has 1 aliphatic heterocycles. The van der Waals surface area contributed by atoms with Crippen LogP contribution in [0, 0.1) is 6.92 Å². The zero-order valence-corrected chi connectivity index (χ0v) is 22.0. The highest BCUT2D eigenvalue weighted by Crippen LogP contribution is 2.36. The number of benzene rings is 3. The summed E-state index contributed by atoms with van der Waals surface area (Å²) in [6.45, 7) is 1.72. The molecular weight excluding hydrogens is 547 g/mol. The number of carbonyl (C=O) groups excluding carboxylic acids is 2. The first-order valence-corrected chi connectivity index (χ1v) is 12.7. The molecule has 3 aromatic carbocycles. The molecule has 2 amide bonds. The van der Waals surface area contributed by atoms with E-state index in [2.05, 4.69) is 30.9 Å². The Labute approximate surface area is 237 Å². The Morgan fingerprint density at radius 1 is 1.02 bits per heavy atom. The van der Waals surface area contributed by atoms with Crippen molar-refractivity contribution in [3.05, 3.63) is 114 Å². The number of imidazole rings is 2. The Hall–Kier alpha value is -5.65. The lowest BCUT2D eigenvalue weighted by atomic mass is 10.1. The van der Waals surface area contributed by atoms with Crippen molar-refractivity contribution in [3.8, 4) is 5.69 Å². The topological polar surface area (TPSA) is 117 Å². The summed E-state index contributed by atoms with van der Waals surface area (Å²) < 4.78 is 42.3. The number of aromatic amines is 1. The number of halogens is 3. The van der Waals surface area contributed by atoms with E-state index in [1.165, 1.54) is 23.3 Å². The fourth-order valence-electron chi connectivity index (χ4n) is 4.58. The van der Waals surface area contributed by atoms with Gasteiger partial charge in [0.1, 0.15) is 0 Å². The summed E-state index contributed by atoms with van der Waals surface area (Å²) in [7, 11) is 0. The molecule has 3 heterocycles. The number of nitrogens with one attached hydrogen (secondary N) is 4. The number of alkyl halides is 3. The number of hydrogen-bond acceptors (Lipinski definition) is 5. The van der Waals surface area contributed by atoms with Crippen LogP contribution in [0.5, 0.6) is 0 Å². The number of anilines is 4. The monoisotopic (exact) mass is 569 g/mol. The maximum absolute atomic E-state index is 13.6. The van der Waals surface area contributed by atoms with Crippen molar-refractivity contribution in [3.63, 3.8) is 0 Å². The van der Waals surface area contributed by atoms with Gasteiger partial charge in [-0.25, -0.2) is 9.97 Å². The van der Waals surface area contributed by atoms with E-state index in [1.54, 1.807) is 55.7 Å². The smallest absolute Gasteiger partial charge is 0.355 e. The third-order valence-corrected chi connectivity index (χ3v) is 6.55. The van der Waals surface area contributed by atoms with Crippen LogP contribution in [0.2, 0.25) is 0 Å². The first-order valence-electron chi connectivity index (χ1n) is 12.7. The minimum absolute atomic E-state index is 0.155. The van der Waals surface area contributed by atoms with Gasteiger partial charge in [0.25, 0.3) is 11.8 Å². The predicted molar refractivity (Wildman–Crippen MR) is 153 cm³/mol. The third kappa shape index (κ3) is 5.50. The van der Waals surface area contributed by atoms with Crippen molar-refractivity contribution >= 4 is 46.2 Å². The van der Waals surface area contributed by atoms with Gasteiger partial charge in [-0.3, -0.25) is 9.59 Å². The van der Waals surface area contributed by atoms with Gasteiger partial charge in [-0.05, 0) is 61.5 Å². The van der Waals surface area contributed by atoms with Crippen molar-refractivity contribution in [2.24, 2.45) is 0 Å². The van der Waals surface area contributed by atoms with Gasteiger partial charge in [0.15, 0.2) is 0 Å². The zero-order valence-electron chi connectivity index (χ0n) is 22.0. The maximum atomic E-state index is 13.6. The second-order valence-electron chi connectivity index (χ2n) is 9.63. The van der Waals surface area contributed by atoms with E-state index >= 15 is 0 Å². The summed E-state index contributed by atoms with van der Waals surface area (Å²) in [6.07, 6.45) is 3.19. The third-order valence-electron chi connectivity index (χ3n) is 6.55. The molecular formula is C30H22F3N7O2. The molecule has 2 aromatic heterocycles. The van der Waals surface area contributed by atoms with Crippen molar-refractivity contribution in [1.82, 2.24) is 19.5 Å². The molecule has 12 heteroatoms. The van der Waals surface area contributed by atoms with Crippen LogP contribution in [0.1, 0.15) is 32.9 Å². The average molecular weight is 570 g/mol. The Bertz CT molecular complexity index is 1860. The minimum atomic E-state index is -4.64. The Kier molecular flexibility index (Phi) is 6.57. The largest absolute Gasteiger partial charge is 0.416 e. The zero-order chi connectivity index (χ0) is 29.4. The number of rotatable bonds is 6. The number of aryl methyl sites for hydroxylation is 1. The van der Waals surface area contributed by atoms with E-state index in [0.717, 1.165) is 17.7 Å². The predicted octanol–water partition coefficient (Wildman–Crippen LogP) is 6.41. The molecule has 0 radical (unpaired) electrons. The van der Waals surface area contributed by atoms with Crippen LogP contribution >= 0.6 is 0 Å². The first-order chi connectivity index (χ1) is 20.1. The van der Waals surface area contributed by atoms with E-state index in [-0.39, 0.29) is 17.2 Å². The highest BCUT2D eigenvalue weighted by atomic mass is 19.4. The van der Waals surface area contributed by atoms with E-state index in [4.69, 9.17) is 0 Å². The molecule has 0 aliphatic carbocycles. The lowest BCUT2D eigenvalue weighted by molar-refractivity contribution is -0.137. The Morgan fingerprint density at radius 2 is 1.83 bits per heavy atom. The number of aromatic nitrogens is 4. The summed E-state index contributed by atoms with van der Waals surface area (Å²) in [4.78, 5) is 36.6. The molecule has 0 spiro atoms.